The van der Waals surface area contributed by atoms with E-state index in [1.807, 2.05) is 13.0 Å². The standard InChI is InChI=1S/C25H24F4N2O5/c1-5-15-6-7-16(21(10-15)36-14(2)24(33)34-4)13-35-17-8-9-18(19(26)11-17)23-20(32)12-22(25(27,28)29)31(3)30-23/h6-12,14H,5,13H2,1-4H3. The van der Waals surface area contributed by atoms with Crippen molar-refractivity contribution in [3.05, 3.63) is 75.3 Å². The van der Waals surface area contributed by atoms with Crippen molar-refractivity contribution in [2.24, 2.45) is 7.05 Å². The van der Waals surface area contributed by atoms with Gasteiger partial charge in [-0.2, -0.15) is 18.3 Å². The number of nitrogens with zero attached hydrogens (tertiary/aromatic N) is 2. The molecule has 0 radical (unpaired) electrons. The Morgan fingerprint density at radius 1 is 1.14 bits per heavy atom. The fraction of sp³-hybridized carbons (Fsp3) is 0.320. The first-order valence-corrected chi connectivity index (χ1v) is 10.9. The van der Waals surface area contributed by atoms with Gasteiger partial charge in [-0.3, -0.25) is 9.48 Å². The zero-order valence-electron chi connectivity index (χ0n) is 20.0. The second-order valence-electron chi connectivity index (χ2n) is 7.87. The number of halogens is 4. The van der Waals surface area contributed by atoms with Gasteiger partial charge >= 0.3 is 12.1 Å². The van der Waals surface area contributed by atoms with Crippen LogP contribution in [0, 0.1) is 5.82 Å². The van der Waals surface area contributed by atoms with Crippen molar-refractivity contribution in [2.75, 3.05) is 7.11 Å². The summed E-state index contributed by atoms with van der Waals surface area (Å²) in [7, 11) is 2.27. The summed E-state index contributed by atoms with van der Waals surface area (Å²) in [6.07, 6.45) is -4.91. The molecule has 0 aliphatic rings. The van der Waals surface area contributed by atoms with Crippen LogP contribution in [0.2, 0.25) is 0 Å². The molecule has 0 aliphatic heterocycles. The summed E-state index contributed by atoms with van der Waals surface area (Å²) in [5, 5.41) is 3.62. The normalized spacial score (nSPS) is 12.2. The summed E-state index contributed by atoms with van der Waals surface area (Å²) in [6.45, 7) is 3.47. The molecule has 0 amide bonds. The van der Waals surface area contributed by atoms with Crippen molar-refractivity contribution in [3.8, 4) is 22.8 Å². The average Bonchev–Trinajstić information content (AvgIpc) is 2.83. The zero-order valence-corrected chi connectivity index (χ0v) is 20.0. The first-order chi connectivity index (χ1) is 16.9. The van der Waals surface area contributed by atoms with Crippen molar-refractivity contribution in [1.29, 1.82) is 0 Å². The van der Waals surface area contributed by atoms with Crippen molar-refractivity contribution in [1.82, 2.24) is 9.78 Å². The molecule has 1 heterocycles. The summed E-state index contributed by atoms with van der Waals surface area (Å²) >= 11 is 0. The van der Waals surface area contributed by atoms with Gasteiger partial charge in [0.05, 0.1) is 7.11 Å². The van der Waals surface area contributed by atoms with Crippen LogP contribution in [0.15, 0.2) is 47.3 Å². The molecule has 1 aromatic heterocycles. The first kappa shape index (κ1) is 26.7. The zero-order chi connectivity index (χ0) is 26.6. The minimum atomic E-state index is -4.78. The van der Waals surface area contributed by atoms with Gasteiger partial charge in [0, 0.05) is 30.3 Å². The van der Waals surface area contributed by atoms with E-state index in [1.165, 1.54) is 19.2 Å². The maximum Gasteiger partial charge on any atom is 0.433 e. The number of methoxy groups -OCH3 is 1. The number of benzene rings is 2. The molecule has 0 spiro atoms. The highest BCUT2D eigenvalue weighted by Crippen LogP contribution is 2.30. The summed E-state index contributed by atoms with van der Waals surface area (Å²) in [5.74, 6) is -0.938. The number of aryl methyl sites for hydroxylation is 2. The largest absolute Gasteiger partial charge is 0.489 e. The Kier molecular flexibility index (Phi) is 8.01. The molecule has 3 rings (SSSR count). The third-order valence-electron chi connectivity index (χ3n) is 5.36. The monoisotopic (exact) mass is 508 g/mol. The molecule has 1 unspecified atom stereocenters. The van der Waals surface area contributed by atoms with Gasteiger partial charge in [0.1, 0.15) is 35.3 Å². The van der Waals surface area contributed by atoms with Crippen molar-refractivity contribution < 1.29 is 36.6 Å². The summed E-state index contributed by atoms with van der Waals surface area (Å²) in [6, 6.07) is 9.36. The lowest BCUT2D eigenvalue weighted by atomic mass is 10.1. The van der Waals surface area contributed by atoms with Gasteiger partial charge in [-0.1, -0.05) is 19.1 Å². The first-order valence-electron chi connectivity index (χ1n) is 10.9. The van der Waals surface area contributed by atoms with Crippen molar-refractivity contribution >= 4 is 5.97 Å². The predicted octanol–water partition coefficient (Wildman–Crippen LogP) is 4.69. The number of hydrogen-bond acceptors (Lipinski definition) is 6. The smallest absolute Gasteiger partial charge is 0.433 e. The lowest BCUT2D eigenvalue weighted by Gasteiger charge is -2.17. The van der Waals surface area contributed by atoms with E-state index in [1.54, 1.807) is 19.1 Å². The summed E-state index contributed by atoms with van der Waals surface area (Å²) in [4.78, 5) is 24.0. The van der Waals surface area contributed by atoms with Crippen LogP contribution in [0.4, 0.5) is 17.6 Å². The quantitative estimate of drug-likeness (QED) is 0.325. The molecule has 0 N–H and O–H groups in total. The molecule has 0 bridgehead atoms. The Labute approximate surface area is 204 Å². The van der Waals surface area contributed by atoms with Gasteiger partial charge in [0.2, 0.25) is 5.43 Å². The fourth-order valence-electron chi connectivity index (χ4n) is 3.38. The van der Waals surface area contributed by atoms with E-state index in [0.29, 0.717) is 22.1 Å². The van der Waals surface area contributed by atoms with Crippen LogP contribution in [0.25, 0.3) is 11.3 Å². The van der Waals surface area contributed by atoms with E-state index in [0.717, 1.165) is 25.1 Å². The van der Waals surface area contributed by atoms with E-state index >= 15 is 0 Å². The van der Waals surface area contributed by atoms with Gasteiger partial charge < -0.3 is 14.2 Å². The SMILES string of the molecule is CCc1ccc(COc2ccc(-c3nn(C)c(C(F)(F)F)cc3=O)c(F)c2)c(OC(C)C(=O)OC)c1. The van der Waals surface area contributed by atoms with E-state index in [4.69, 9.17) is 9.47 Å². The average molecular weight is 508 g/mol. The fourth-order valence-corrected chi connectivity index (χ4v) is 3.38. The lowest BCUT2D eigenvalue weighted by Crippen LogP contribution is -2.25. The van der Waals surface area contributed by atoms with Crippen LogP contribution >= 0.6 is 0 Å². The Morgan fingerprint density at radius 2 is 1.86 bits per heavy atom. The molecule has 0 saturated carbocycles. The number of carbonyl (C=O) groups is 1. The minimum absolute atomic E-state index is 0.0354. The maximum atomic E-state index is 14.8. The summed E-state index contributed by atoms with van der Waals surface area (Å²) < 4.78 is 70.4. The van der Waals surface area contributed by atoms with Gasteiger partial charge in [-0.15, -0.1) is 0 Å². The number of hydrogen-bond donors (Lipinski definition) is 0. The van der Waals surface area contributed by atoms with Gasteiger partial charge in [0.25, 0.3) is 0 Å². The predicted molar refractivity (Wildman–Crippen MR) is 122 cm³/mol. The number of rotatable bonds is 8. The third kappa shape index (κ3) is 6.02. The Balaban J connectivity index is 1.83. The number of esters is 1. The minimum Gasteiger partial charge on any atom is -0.489 e. The Morgan fingerprint density at radius 3 is 2.47 bits per heavy atom. The Bertz CT molecular complexity index is 1320. The Hall–Kier alpha value is -3.89. The van der Waals surface area contributed by atoms with E-state index in [-0.39, 0.29) is 17.9 Å². The molecule has 0 fully saturated rings. The number of aromatic nitrogens is 2. The molecule has 3 aromatic rings. The lowest BCUT2D eigenvalue weighted by molar-refractivity contribution is -0.148. The number of carbonyl (C=O) groups excluding carboxylic acids is 1. The van der Waals surface area contributed by atoms with Crippen LogP contribution < -0.4 is 14.9 Å². The molecule has 192 valence electrons. The highest BCUT2D eigenvalue weighted by atomic mass is 19.4. The van der Waals surface area contributed by atoms with Gasteiger partial charge in [-0.25, -0.2) is 9.18 Å². The van der Waals surface area contributed by atoms with E-state index < -0.39 is 40.9 Å². The van der Waals surface area contributed by atoms with E-state index in [9.17, 15) is 27.2 Å². The number of ether oxygens (including phenoxy) is 3. The molecule has 7 nitrogen and oxygen atoms in total. The van der Waals surface area contributed by atoms with Crippen LogP contribution in [0.3, 0.4) is 0 Å². The van der Waals surface area contributed by atoms with Gasteiger partial charge in [0.15, 0.2) is 6.10 Å². The highest BCUT2D eigenvalue weighted by Gasteiger charge is 2.34. The van der Waals surface area contributed by atoms with Crippen LogP contribution in [-0.4, -0.2) is 29.0 Å². The molecule has 11 heteroatoms. The molecular formula is C25H24F4N2O5. The molecule has 2 aromatic carbocycles. The van der Waals surface area contributed by atoms with Crippen LogP contribution in [0.5, 0.6) is 11.5 Å². The third-order valence-corrected chi connectivity index (χ3v) is 5.36. The van der Waals surface area contributed by atoms with Crippen LogP contribution in [-0.2, 0) is 35.8 Å². The van der Waals surface area contributed by atoms with Gasteiger partial charge in [-0.05, 0) is 37.1 Å². The molecule has 1 atom stereocenters. The number of alkyl halides is 3. The van der Waals surface area contributed by atoms with Crippen LogP contribution in [0.1, 0.15) is 30.7 Å². The molecule has 0 aliphatic carbocycles. The highest BCUT2D eigenvalue weighted by molar-refractivity contribution is 5.74. The molecule has 0 saturated heterocycles. The van der Waals surface area contributed by atoms with Crippen molar-refractivity contribution in [3.63, 3.8) is 0 Å². The second-order valence-corrected chi connectivity index (χ2v) is 7.87. The topological polar surface area (TPSA) is 79.7 Å². The maximum absolute atomic E-state index is 14.8. The second kappa shape index (κ2) is 10.8. The molecular weight excluding hydrogens is 484 g/mol. The van der Waals surface area contributed by atoms with E-state index in [2.05, 4.69) is 9.84 Å². The summed E-state index contributed by atoms with van der Waals surface area (Å²) in [5.41, 5.74) is -1.48. The molecule has 36 heavy (non-hydrogen) atoms. The van der Waals surface area contributed by atoms with Crippen molar-refractivity contribution in [2.45, 2.75) is 39.2 Å².